The minimum atomic E-state index is -0.811. The topological polar surface area (TPSA) is 66.8 Å². The summed E-state index contributed by atoms with van der Waals surface area (Å²) in [5.74, 6) is -1.25. The number of carbonyl (C=O) groups excluding carboxylic acids is 1. The number of piperidine rings is 1. The molecule has 1 amide bonds. The Balaban J connectivity index is 1.34. The maximum Gasteiger partial charge on any atom is 0.410 e. The van der Waals surface area contributed by atoms with Crippen molar-refractivity contribution in [1.82, 2.24) is 4.90 Å². The van der Waals surface area contributed by atoms with Gasteiger partial charge in [0.2, 0.25) is 0 Å². The molecule has 0 aromatic heterocycles. The van der Waals surface area contributed by atoms with Crippen LogP contribution in [0, 0.1) is 5.92 Å². The molecule has 5 nitrogen and oxygen atoms in total. The van der Waals surface area contributed by atoms with Gasteiger partial charge in [-0.3, -0.25) is 4.79 Å². The third-order valence-corrected chi connectivity index (χ3v) is 6.40. The van der Waals surface area contributed by atoms with Crippen molar-refractivity contribution < 1.29 is 19.4 Å². The molecule has 5 heteroatoms. The molecule has 1 N–H and O–H groups in total. The molecule has 3 fully saturated rings. The number of ether oxygens (including phenoxy) is 1. The average Bonchev–Trinajstić information content (AvgIpc) is 3.00. The van der Waals surface area contributed by atoms with E-state index in [1.807, 2.05) is 24.3 Å². The summed E-state index contributed by atoms with van der Waals surface area (Å²) in [4.78, 5) is 25.8. The van der Waals surface area contributed by atoms with Crippen molar-refractivity contribution in [2.75, 3.05) is 6.61 Å². The molecule has 27 heavy (non-hydrogen) atoms. The van der Waals surface area contributed by atoms with Gasteiger partial charge in [-0.1, -0.05) is 48.5 Å². The fourth-order valence-electron chi connectivity index (χ4n) is 5.06. The van der Waals surface area contributed by atoms with E-state index in [0.29, 0.717) is 6.42 Å². The predicted octanol–water partition coefficient (Wildman–Crippen LogP) is 3.87. The highest BCUT2D eigenvalue weighted by Crippen LogP contribution is 2.45. The van der Waals surface area contributed by atoms with E-state index in [1.54, 1.807) is 4.90 Å². The van der Waals surface area contributed by atoms with Crippen molar-refractivity contribution in [2.45, 2.75) is 37.3 Å². The van der Waals surface area contributed by atoms with Crippen LogP contribution >= 0.6 is 0 Å². The molecule has 2 aromatic carbocycles. The molecule has 2 aliphatic heterocycles. The SMILES string of the molecule is O=C(O)[C@@H]1CC[C@@H]2C[C@H]1N2C(=O)OCC1c2ccccc2-c2ccccc21. The van der Waals surface area contributed by atoms with Crippen LogP contribution in [0.2, 0.25) is 0 Å². The summed E-state index contributed by atoms with van der Waals surface area (Å²) < 4.78 is 5.70. The van der Waals surface area contributed by atoms with Gasteiger partial charge in [0, 0.05) is 12.0 Å². The van der Waals surface area contributed by atoms with Gasteiger partial charge in [0.1, 0.15) is 6.61 Å². The lowest BCUT2D eigenvalue weighted by Gasteiger charge is -2.54. The van der Waals surface area contributed by atoms with E-state index < -0.39 is 11.9 Å². The summed E-state index contributed by atoms with van der Waals surface area (Å²) in [7, 11) is 0. The zero-order valence-corrected chi connectivity index (χ0v) is 14.9. The molecule has 2 aliphatic carbocycles. The summed E-state index contributed by atoms with van der Waals surface area (Å²) in [6.07, 6.45) is 1.81. The van der Waals surface area contributed by atoms with Gasteiger partial charge in [-0.15, -0.1) is 0 Å². The number of aliphatic carboxylic acids is 1. The minimum Gasteiger partial charge on any atom is -0.481 e. The smallest absolute Gasteiger partial charge is 0.410 e. The molecule has 3 atom stereocenters. The third kappa shape index (κ3) is 2.45. The highest BCUT2D eigenvalue weighted by Gasteiger charge is 2.52. The van der Waals surface area contributed by atoms with Crippen LogP contribution in [-0.2, 0) is 9.53 Å². The van der Waals surface area contributed by atoms with Crippen LogP contribution in [0.5, 0.6) is 0 Å². The van der Waals surface area contributed by atoms with Crippen molar-refractivity contribution in [1.29, 1.82) is 0 Å². The number of nitrogens with zero attached hydrogens (tertiary/aromatic N) is 1. The molecule has 2 heterocycles. The number of carbonyl (C=O) groups is 2. The summed E-state index contributed by atoms with van der Waals surface area (Å²) in [6.45, 7) is 0.278. The Labute approximate surface area is 157 Å². The first-order valence-corrected chi connectivity index (χ1v) is 9.51. The van der Waals surface area contributed by atoms with Gasteiger partial charge in [0.25, 0.3) is 0 Å². The Kier molecular flexibility index (Phi) is 3.71. The number of rotatable bonds is 3. The lowest BCUT2D eigenvalue weighted by Crippen LogP contribution is -2.65. The average molecular weight is 363 g/mol. The molecule has 4 aliphatic rings. The van der Waals surface area contributed by atoms with Crippen molar-refractivity contribution >= 4 is 12.1 Å². The van der Waals surface area contributed by atoms with Crippen molar-refractivity contribution in [2.24, 2.45) is 5.92 Å². The van der Waals surface area contributed by atoms with Crippen LogP contribution in [-0.4, -0.2) is 40.8 Å². The highest BCUT2D eigenvalue weighted by atomic mass is 16.6. The van der Waals surface area contributed by atoms with Gasteiger partial charge in [0.05, 0.1) is 12.0 Å². The van der Waals surface area contributed by atoms with E-state index in [2.05, 4.69) is 24.3 Å². The molecule has 6 rings (SSSR count). The normalized spacial score (nSPS) is 25.3. The largest absolute Gasteiger partial charge is 0.481 e. The number of benzene rings is 2. The molecular formula is C22H21NO4. The second-order valence-electron chi connectivity index (χ2n) is 7.69. The highest BCUT2D eigenvalue weighted by molar-refractivity contribution is 5.79. The number of hydrogen-bond acceptors (Lipinski definition) is 3. The Morgan fingerprint density at radius 2 is 1.63 bits per heavy atom. The van der Waals surface area contributed by atoms with Crippen molar-refractivity contribution in [3.8, 4) is 11.1 Å². The maximum atomic E-state index is 12.7. The van der Waals surface area contributed by atoms with E-state index in [-0.39, 0.29) is 30.7 Å². The second kappa shape index (κ2) is 6.12. The molecule has 0 radical (unpaired) electrons. The lowest BCUT2D eigenvalue weighted by molar-refractivity contribution is -0.152. The Morgan fingerprint density at radius 1 is 1.00 bits per heavy atom. The molecular weight excluding hydrogens is 342 g/mol. The molecule has 2 bridgehead atoms. The summed E-state index contributed by atoms with van der Waals surface area (Å²) in [6, 6.07) is 16.4. The predicted molar refractivity (Wildman–Crippen MR) is 99.5 cm³/mol. The second-order valence-corrected chi connectivity index (χ2v) is 7.69. The van der Waals surface area contributed by atoms with Gasteiger partial charge in [-0.2, -0.15) is 0 Å². The molecule has 2 aromatic rings. The number of fused-ring (bicyclic) bond motifs is 5. The van der Waals surface area contributed by atoms with E-state index >= 15 is 0 Å². The molecule has 138 valence electrons. The van der Waals surface area contributed by atoms with Gasteiger partial charge >= 0.3 is 12.1 Å². The van der Waals surface area contributed by atoms with E-state index in [1.165, 1.54) is 22.3 Å². The standard InChI is InChI=1S/C22H21NO4/c24-21(25)18-10-9-13-11-20(18)23(13)22(26)27-12-19-16-7-3-1-5-14(16)15-6-2-4-8-17(15)19/h1-8,13,18-20H,9-12H2,(H,24,25)/t13-,18-,20-/m1/s1. The minimum absolute atomic E-state index is 0.0257. The fourth-order valence-corrected chi connectivity index (χ4v) is 5.06. The Bertz CT molecular complexity index is 877. The third-order valence-electron chi connectivity index (χ3n) is 6.40. The summed E-state index contributed by atoms with van der Waals surface area (Å²) in [5.41, 5.74) is 4.75. The lowest BCUT2D eigenvalue weighted by atomic mass is 9.73. The Hall–Kier alpha value is -2.82. The zero-order chi connectivity index (χ0) is 18.5. The van der Waals surface area contributed by atoms with Crippen LogP contribution in [0.3, 0.4) is 0 Å². The van der Waals surface area contributed by atoms with Crippen LogP contribution in [0.1, 0.15) is 36.3 Å². The van der Waals surface area contributed by atoms with Crippen LogP contribution in [0.4, 0.5) is 4.79 Å². The first-order chi connectivity index (χ1) is 13.1. The van der Waals surface area contributed by atoms with Crippen LogP contribution < -0.4 is 0 Å². The number of hydrogen-bond donors (Lipinski definition) is 1. The number of amides is 1. The maximum absolute atomic E-state index is 12.7. The monoisotopic (exact) mass is 363 g/mol. The van der Waals surface area contributed by atoms with E-state index in [4.69, 9.17) is 4.74 Å². The zero-order valence-electron chi connectivity index (χ0n) is 14.9. The van der Waals surface area contributed by atoms with Crippen LogP contribution in [0.25, 0.3) is 11.1 Å². The van der Waals surface area contributed by atoms with Gasteiger partial charge in [-0.05, 0) is 41.5 Å². The van der Waals surface area contributed by atoms with Crippen molar-refractivity contribution in [3.63, 3.8) is 0 Å². The van der Waals surface area contributed by atoms with E-state index in [9.17, 15) is 14.7 Å². The van der Waals surface area contributed by atoms with Crippen molar-refractivity contribution in [3.05, 3.63) is 59.7 Å². The molecule has 1 saturated carbocycles. The van der Waals surface area contributed by atoms with Crippen LogP contribution in [0.15, 0.2) is 48.5 Å². The van der Waals surface area contributed by atoms with Gasteiger partial charge < -0.3 is 14.7 Å². The molecule has 0 unspecified atom stereocenters. The summed E-state index contributed by atoms with van der Waals surface area (Å²) in [5, 5.41) is 9.38. The van der Waals surface area contributed by atoms with Gasteiger partial charge in [-0.25, -0.2) is 4.79 Å². The molecule has 2 saturated heterocycles. The fraction of sp³-hybridized carbons (Fsp3) is 0.364. The number of carboxylic acid groups (broad SMARTS) is 1. The Morgan fingerprint density at radius 3 is 2.22 bits per heavy atom. The van der Waals surface area contributed by atoms with Gasteiger partial charge in [0.15, 0.2) is 0 Å². The summed E-state index contributed by atoms with van der Waals surface area (Å²) >= 11 is 0. The quantitative estimate of drug-likeness (QED) is 0.899. The van der Waals surface area contributed by atoms with E-state index in [0.717, 1.165) is 12.8 Å². The number of carboxylic acids is 1. The first kappa shape index (κ1) is 16.4. The molecule has 0 spiro atoms. The first-order valence-electron chi connectivity index (χ1n) is 9.51.